The van der Waals surface area contributed by atoms with E-state index in [9.17, 15) is 9.90 Å². The number of nitrogens with zero attached hydrogens (tertiary/aromatic N) is 1. The van der Waals surface area contributed by atoms with Crippen LogP contribution in [0.15, 0.2) is 11.6 Å². The third-order valence-electron chi connectivity index (χ3n) is 6.15. The van der Waals surface area contributed by atoms with E-state index in [1.54, 1.807) is 0 Å². The first-order chi connectivity index (χ1) is 9.13. The van der Waals surface area contributed by atoms with Crippen LogP contribution < -0.4 is 0 Å². The molecule has 3 heteroatoms. The van der Waals surface area contributed by atoms with E-state index in [1.807, 2.05) is 0 Å². The lowest BCUT2D eigenvalue weighted by molar-refractivity contribution is -0.175. The number of carbonyl (C=O) groups excluding carboxylic acids is 1. The Kier molecular flexibility index (Phi) is 2.50. The standard InChI is InChI=1S/C16H23NO2/c1-10-7-11-8-14(19)12-3-2-5-17-6-4-13(18)15(11)16(12,17)9-10/h7,11-13,15,18H,2-6,8-9H2,1H3/t11-,12-,13+,15+,16-/m1/s1. The summed E-state index contributed by atoms with van der Waals surface area (Å²) in [5.74, 6) is 1.23. The Morgan fingerprint density at radius 3 is 3.05 bits per heavy atom. The quantitative estimate of drug-likeness (QED) is 0.675. The van der Waals surface area contributed by atoms with Crippen molar-refractivity contribution in [1.29, 1.82) is 0 Å². The Morgan fingerprint density at radius 1 is 1.37 bits per heavy atom. The van der Waals surface area contributed by atoms with E-state index >= 15 is 0 Å². The lowest BCUT2D eigenvalue weighted by Crippen LogP contribution is -2.73. The normalized spacial score (nSPS) is 49.6. The number of piperidine rings is 2. The highest BCUT2D eigenvalue weighted by Gasteiger charge is 2.63. The monoisotopic (exact) mass is 261 g/mol. The highest BCUT2D eigenvalue weighted by molar-refractivity contribution is 5.85. The maximum atomic E-state index is 12.5. The van der Waals surface area contributed by atoms with Gasteiger partial charge in [0.05, 0.1) is 6.10 Å². The summed E-state index contributed by atoms with van der Waals surface area (Å²) < 4.78 is 0. The molecule has 104 valence electrons. The maximum Gasteiger partial charge on any atom is 0.138 e. The molecule has 0 aromatic rings. The smallest absolute Gasteiger partial charge is 0.138 e. The summed E-state index contributed by atoms with van der Waals surface area (Å²) in [6.07, 6.45) is 6.81. The summed E-state index contributed by atoms with van der Waals surface area (Å²) in [5, 5.41) is 10.6. The fraction of sp³-hybridized carbons (Fsp3) is 0.812. The molecule has 4 aliphatic rings. The van der Waals surface area contributed by atoms with Gasteiger partial charge in [0.25, 0.3) is 0 Å². The van der Waals surface area contributed by atoms with Crippen LogP contribution in [0.5, 0.6) is 0 Å². The van der Waals surface area contributed by atoms with Crippen LogP contribution in [-0.2, 0) is 4.79 Å². The number of carbonyl (C=O) groups is 1. The highest BCUT2D eigenvalue weighted by Crippen LogP contribution is 2.57. The van der Waals surface area contributed by atoms with Crippen molar-refractivity contribution in [3.63, 3.8) is 0 Å². The first kappa shape index (κ1) is 12.1. The van der Waals surface area contributed by atoms with Gasteiger partial charge in [-0.2, -0.15) is 0 Å². The molecular formula is C16H23NO2. The van der Waals surface area contributed by atoms with Crippen molar-refractivity contribution < 1.29 is 9.90 Å². The van der Waals surface area contributed by atoms with E-state index in [2.05, 4.69) is 17.9 Å². The van der Waals surface area contributed by atoms with Gasteiger partial charge in [0, 0.05) is 30.3 Å². The molecule has 2 aliphatic carbocycles. The van der Waals surface area contributed by atoms with Crippen LogP contribution in [0, 0.1) is 17.8 Å². The van der Waals surface area contributed by atoms with Gasteiger partial charge in [0.15, 0.2) is 0 Å². The summed E-state index contributed by atoms with van der Waals surface area (Å²) in [7, 11) is 0. The molecule has 0 radical (unpaired) electrons. The molecule has 1 spiro atoms. The van der Waals surface area contributed by atoms with Gasteiger partial charge in [0.2, 0.25) is 0 Å². The van der Waals surface area contributed by atoms with Crippen LogP contribution in [0.2, 0.25) is 0 Å². The van der Waals surface area contributed by atoms with E-state index in [4.69, 9.17) is 0 Å². The van der Waals surface area contributed by atoms with Gasteiger partial charge in [-0.3, -0.25) is 9.69 Å². The fourth-order valence-electron chi connectivity index (χ4n) is 5.71. The van der Waals surface area contributed by atoms with E-state index in [0.29, 0.717) is 18.1 Å². The fourth-order valence-corrected chi connectivity index (χ4v) is 5.71. The minimum atomic E-state index is -0.209. The molecule has 0 amide bonds. The average molecular weight is 261 g/mol. The largest absolute Gasteiger partial charge is 0.393 e. The van der Waals surface area contributed by atoms with E-state index < -0.39 is 0 Å². The Morgan fingerprint density at radius 2 is 2.21 bits per heavy atom. The highest BCUT2D eigenvalue weighted by atomic mass is 16.3. The minimum Gasteiger partial charge on any atom is -0.393 e. The van der Waals surface area contributed by atoms with Gasteiger partial charge in [-0.1, -0.05) is 11.6 Å². The van der Waals surface area contributed by atoms with E-state index in [-0.39, 0.29) is 23.5 Å². The van der Waals surface area contributed by atoms with Crippen LogP contribution in [0.4, 0.5) is 0 Å². The zero-order valence-electron chi connectivity index (χ0n) is 11.6. The first-order valence-corrected chi connectivity index (χ1v) is 7.76. The second kappa shape index (κ2) is 3.92. The molecule has 3 nitrogen and oxygen atoms in total. The van der Waals surface area contributed by atoms with Crippen molar-refractivity contribution in [2.75, 3.05) is 13.1 Å². The molecule has 2 heterocycles. The summed E-state index contributed by atoms with van der Waals surface area (Å²) in [4.78, 5) is 15.1. The van der Waals surface area contributed by atoms with Gasteiger partial charge < -0.3 is 5.11 Å². The molecular weight excluding hydrogens is 238 g/mol. The molecule has 19 heavy (non-hydrogen) atoms. The number of allylic oxidation sites excluding steroid dienone is 1. The number of ketones is 1. The number of aliphatic hydroxyl groups is 1. The lowest BCUT2D eigenvalue weighted by atomic mass is 9.50. The Balaban J connectivity index is 1.89. The number of Topliss-reactive ketones (excluding diaryl/α,β-unsaturated/α-hetero) is 1. The summed E-state index contributed by atoms with van der Waals surface area (Å²) in [6, 6.07) is 0. The van der Waals surface area contributed by atoms with Crippen molar-refractivity contribution >= 4 is 5.78 Å². The third-order valence-corrected chi connectivity index (χ3v) is 6.15. The van der Waals surface area contributed by atoms with Gasteiger partial charge in [-0.15, -0.1) is 0 Å². The number of hydrogen-bond donors (Lipinski definition) is 1. The summed E-state index contributed by atoms with van der Waals surface area (Å²) in [5.41, 5.74) is 1.40. The van der Waals surface area contributed by atoms with Crippen LogP contribution in [0.1, 0.15) is 39.0 Å². The second-order valence-electron chi connectivity index (χ2n) is 7.08. The van der Waals surface area contributed by atoms with Crippen LogP contribution >= 0.6 is 0 Å². The predicted molar refractivity (Wildman–Crippen MR) is 72.6 cm³/mol. The number of rotatable bonds is 0. The molecule has 2 saturated heterocycles. The minimum absolute atomic E-state index is 0.0330. The van der Waals surface area contributed by atoms with Gasteiger partial charge >= 0.3 is 0 Å². The molecule has 2 aliphatic heterocycles. The second-order valence-corrected chi connectivity index (χ2v) is 7.08. The summed E-state index contributed by atoms with van der Waals surface area (Å²) >= 11 is 0. The Labute approximate surface area is 114 Å². The van der Waals surface area contributed by atoms with Crippen LogP contribution in [-0.4, -0.2) is 40.5 Å². The zero-order chi connectivity index (χ0) is 13.2. The van der Waals surface area contributed by atoms with Crippen molar-refractivity contribution in [2.45, 2.75) is 50.7 Å². The van der Waals surface area contributed by atoms with E-state index in [0.717, 1.165) is 38.8 Å². The third kappa shape index (κ3) is 1.43. The van der Waals surface area contributed by atoms with Crippen LogP contribution in [0.3, 0.4) is 0 Å². The number of hydrogen-bond acceptors (Lipinski definition) is 3. The molecule has 1 N–H and O–H groups in total. The predicted octanol–water partition coefficient (Wildman–Crippen LogP) is 1.76. The molecule has 0 aromatic heterocycles. The number of aliphatic hydroxyl groups excluding tert-OH is 1. The summed E-state index contributed by atoms with van der Waals surface area (Å²) in [6.45, 7) is 4.30. The molecule has 0 unspecified atom stereocenters. The molecule has 5 atom stereocenters. The van der Waals surface area contributed by atoms with Gasteiger partial charge in [-0.25, -0.2) is 0 Å². The SMILES string of the molecule is CC1=C[C@@H]2CC(=O)[C@H]3CCCN4CC[C@H](O)[C@H]2[C@@]34C1. The van der Waals surface area contributed by atoms with Crippen molar-refractivity contribution in [2.24, 2.45) is 17.8 Å². The first-order valence-electron chi connectivity index (χ1n) is 7.76. The van der Waals surface area contributed by atoms with Gasteiger partial charge in [-0.05, 0) is 45.1 Å². The molecule has 2 bridgehead atoms. The van der Waals surface area contributed by atoms with Crippen molar-refractivity contribution in [3.8, 4) is 0 Å². The van der Waals surface area contributed by atoms with Crippen LogP contribution in [0.25, 0.3) is 0 Å². The maximum absolute atomic E-state index is 12.5. The zero-order valence-corrected chi connectivity index (χ0v) is 11.6. The van der Waals surface area contributed by atoms with Crippen molar-refractivity contribution in [3.05, 3.63) is 11.6 Å². The molecule has 0 aromatic carbocycles. The van der Waals surface area contributed by atoms with Gasteiger partial charge in [0.1, 0.15) is 5.78 Å². The molecule has 3 fully saturated rings. The lowest BCUT2D eigenvalue weighted by Gasteiger charge is -2.65. The topological polar surface area (TPSA) is 40.5 Å². The Hall–Kier alpha value is -0.670. The van der Waals surface area contributed by atoms with E-state index in [1.165, 1.54) is 5.57 Å². The van der Waals surface area contributed by atoms with Crippen molar-refractivity contribution in [1.82, 2.24) is 4.90 Å². The Bertz CT molecular complexity index is 458. The molecule has 4 rings (SSSR count). The molecule has 1 saturated carbocycles. The average Bonchev–Trinajstić information content (AvgIpc) is 2.35.